The molecule has 23 heavy (non-hydrogen) atoms. The van der Waals surface area contributed by atoms with Gasteiger partial charge in [0.25, 0.3) is 0 Å². The number of ether oxygens (including phenoxy) is 1. The van der Waals surface area contributed by atoms with Crippen LogP contribution in [0.2, 0.25) is 0 Å². The topological polar surface area (TPSA) is 49.8 Å². The molecule has 0 aliphatic heterocycles. The van der Waals surface area contributed by atoms with Crippen LogP contribution in [0.25, 0.3) is 0 Å². The molecule has 0 radical (unpaired) electrons. The van der Waals surface area contributed by atoms with Crippen molar-refractivity contribution >= 4 is 17.7 Å². The molecule has 4 nitrogen and oxygen atoms in total. The lowest BCUT2D eigenvalue weighted by molar-refractivity contribution is -0.140. The fourth-order valence-corrected chi connectivity index (χ4v) is 2.29. The monoisotopic (exact) mass is 335 g/mol. The summed E-state index contributed by atoms with van der Waals surface area (Å²) in [6.45, 7) is 6.24. The van der Waals surface area contributed by atoms with Crippen LogP contribution >= 0.6 is 11.8 Å². The van der Waals surface area contributed by atoms with Gasteiger partial charge in [-0.2, -0.15) is 0 Å². The zero-order valence-electron chi connectivity index (χ0n) is 14.4. The van der Waals surface area contributed by atoms with Crippen LogP contribution in [-0.2, 0) is 9.53 Å². The van der Waals surface area contributed by atoms with E-state index in [0.29, 0.717) is 0 Å². The lowest BCUT2D eigenvalue weighted by Crippen LogP contribution is -2.19. The molecule has 0 aliphatic carbocycles. The summed E-state index contributed by atoms with van der Waals surface area (Å²) in [5, 5.41) is 10.3. The minimum Gasteiger partial charge on any atom is -0.506 e. The Bertz CT molecular complexity index is 572. The van der Waals surface area contributed by atoms with E-state index in [9.17, 15) is 9.90 Å². The van der Waals surface area contributed by atoms with E-state index in [0.717, 1.165) is 4.90 Å². The van der Waals surface area contributed by atoms with Crippen molar-refractivity contribution in [1.29, 1.82) is 0 Å². The highest BCUT2D eigenvalue weighted by Crippen LogP contribution is 2.30. The van der Waals surface area contributed by atoms with E-state index >= 15 is 0 Å². The molecule has 0 saturated carbocycles. The molecule has 1 aromatic carbocycles. The Hall–Kier alpha value is -1.88. The summed E-state index contributed by atoms with van der Waals surface area (Å²) in [6, 6.07) is 9.42. The number of nitrogens with zero attached hydrogens (tertiary/aromatic N) is 1. The number of thioether (sulfide) groups is 1. The Morgan fingerprint density at radius 2 is 1.87 bits per heavy atom. The van der Waals surface area contributed by atoms with Gasteiger partial charge in [0.15, 0.2) is 0 Å². The first kappa shape index (κ1) is 19.2. The number of esters is 1. The van der Waals surface area contributed by atoms with Gasteiger partial charge in [0.2, 0.25) is 0 Å². The van der Waals surface area contributed by atoms with Crippen LogP contribution in [-0.4, -0.2) is 36.7 Å². The second-order valence-corrected chi connectivity index (χ2v) is 7.63. The summed E-state index contributed by atoms with van der Waals surface area (Å²) in [7, 11) is 3.68. The van der Waals surface area contributed by atoms with Gasteiger partial charge in [0, 0.05) is 25.2 Å². The molecule has 1 N–H and O–H groups in total. The number of rotatable bonds is 6. The highest BCUT2D eigenvalue weighted by molar-refractivity contribution is 8.04. The molecule has 1 rings (SSSR count). The first-order chi connectivity index (χ1) is 10.7. The highest BCUT2D eigenvalue weighted by atomic mass is 32.2. The van der Waals surface area contributed by atoms with Crippen LogP contribution in [0.1, 0.15) is 20.8 Å². The molecule has 0 atom stereocenters. The third-order valence-electron chi connectivity index (χ3n) is 2.55. The fourth-order valence-electron chi connectivity index (χ4n) is 1.45. The van der Waals surface area contributed by atoms with Gasteiger partial charge in [-0.25, -0.2) is 4.79 Å². The molecular formula is C18H25NO3S. The second-order valence-electron chi connectivity index (χ2n) is 6.55. The van der Waals surface area contributed by atoms with Crippen LogP contribution in [0.4, 0.5) is 0 Å². The third-order valence-corrected chi connectivity index (χ3v) is 3.64. The Morgan fingerprint density at radius 3 is 2.39 bits per heavy atom. The predicted octanol–water partition coefficient (Wildman–Crippen LogP) is 4.21. The SMILES string of the molecule is CN(C)/C=C/C(O)=C(\Sc1ccccc1)C(=O)OCC(C)(C)C. The smallest absolute Gasteiger partial charge is 0.348 e. The van der Waals surface area contributed by atoms with Crippen LogP contribution in [0.5, 0.6) is 0 Å². The Kier molecular flexibility index (Phi) is 7.23. The maximum Gasteiger partial charge on any atom is 0.348 e. The van der Waals surface area contributed by atoms with Crippen LogP contribution in [0, 0.1) is 5.41 Å². The Labute approximate surface area is 142 Å². The summed E-state index contributed by atoms with van der Waals surface area (Å²) in [5.74, 6) is -0.624. The van der Waals surface area contributed by atoms with Crippen LogP contribution in [0.3, 0.4) is 0 Å². The van der Waals surface area contributed by atoms with E-state index in [-0.39, 0.29) is 22.7 Å². The number of aliphatic hydroxyl groups excluding tert-OH is 1. The average Bonchev–Trinajstić information content (AvgIpc) is 2.48. The first-order valence-corrected chi connectivity index (χ1v) is 8.18. The molecule has 0 unspecified atom stereocenters. The molecule has 1 aromatic rings. The average molecular weight is 335 g/mol. The van der Waals surface area contributed by atoms with Gasteiger partial charge < -0.3 is 14.7 Å². The maximum absolute atomic E-state index is 12.4. The summed E-state index contributed by atoms with van der Waals surface area (Å²) in [5.41, 5.74) is -0.132. The van der Waals surface area contributed by atoms with Crippen molar-refractivity contribution in [3.05, 3.63) is 53.3 Å². The van der Waals surface area contributed by atoms with E-state index in [1.165, 1.54) is 17.8 Å². The maximum atomic E-state index is 12.4. The van der Waals surface area contributed by atoms with Gasteiger partial charge in [-0.05, 0) is 23.6 Å². The molecule has 126 valence electrons. The molecule has 5 heteroatoms. The van der Waals surface area contributed by atoms with Crippen LogP contribution < -0.4 is 0 Å². The van der Waals surface area contributed by atoms with Crippen molar-refractivity contribution in [3.63, 3.8) is 0 Å². The number of aliphatic hydroxyl groups is 1. The van der Waals surface area contributed by atoms with E-state index in [2.05, 4.69) is 0 Å². The minimum atomic E-state index is -0.519. The van der Waals surface area contributed by atoms with E-state index in [1.807, 2.05) is 65.2 Å². The van der Waals surface area contributed by atoms with E-state index in [1.54, 1.807) is 11.1 Å². The van der Waals surface area contributed by atoms with Crippen molar-refractivity contribution in [2.45, 2.75) is 25.7 Å². The molecule has 0 saturated heterocycles. The van der Waals surface area contributed by atoms with Crippen molar-refractivity contribution in [3.8, 4) is 0 Å². The molecule has 0 spiro atoms. The minimum absolute atomic E-state index is 0.105. The van der Waals surface area contributed by atoms with Gasteiger partial charge >= 0.3 is 5.97 Å². The molecule has 0 aliphatic rings. The quantitative estimate of drug-likeness (QED) is 0.277. The van der Waals surface area contributed by atoms with Gasteiger partial charge in [-0.3, -0.25) is 0 Å². The van der Waals surface area contributed by atoms with Crippen molar-refractivity contribution < 1.29 is 14.6 Å². The normalized spacial score (nSPS) is 12.9. The predicted molar refractivity (Wildman–Crippen MR) is 95.2 cm³/mol. The molecule has 0 amide bonds. The lowest BCUT2D eigenvalue weighted by Gasteiger charge is -2.18. The standard InChI is InChI=1S/C18H25NO3S/c1-18(2,3)13-22-17(21)16(15(20)11-12-19(4)5)23-14-9-7-6-8-10-14/h6-12,20H,13H2,1-5H3/b12-11+,16-15+. The summed E-state index contributed by atoms with van der Waals surface area (Å²) < 4.78 is 5.34. The molecular weight excluding hydrogens is 310 g/mol. The van der Waals surface area contributed by atoms with Gasteiger partial charge in [-0.15, -0.1) is 0 Å². The third kappa shape index (κ3) is 7.79. The van der Waals surface area contributed by atoms with Gasteiger partial charge in [0.1, 0.15) is 10.7 Å². The second kappa shape index (κ2) is 8.67. The molecule has 0 fully saturated rings. The van der Waals surface area contributed by atoms with Crippen molar-refractivity contribution in [2.75, 3.05) is 20.7 Å². The molecule has 0 aromatic heterocycles. The van der Waals surface area contributed by atoms with Crippen molar-refractivity contribution in [1.82, 2.24) is 4.90 Å². The number of hydrogen-bond donors (Lipinski definition) is 1. The lowest BCUT2D eigenvalue weighted by atomic mass is 9.99. The van der Waals surface area contributed by atoms with Gasteiger partial charge in [-0.1, -0.05) is 50.7 Å². The number of benzene rings is 1. The number of allylic oxidation sites excluding steroid dienone is 1. The summed E-state index contributed by atoms with van der Waals surface area (Å²) in [4.78, 5) is 15.2. The fraction of sp³-hybridized carbons (Fsp3) is 0.389. The largest absolute Gasteiger partial charge is 0.506 e. The summed E-state index contributed by atoms with van der Waals surface area (Å²) >= 11 is 1.19. The highest BCUT2D eigenvalue weighted by Gasteiger charge is 2.20. The molecule has 0 heterocycles. The van der Waals surface area contributed by atoms with Crippen molar-refractivity contribution in [2.24, 2.45) is 5.41 Å². The number of hydrogen-bond acceptors (Lipinski definition) is 5. The van der Waals surface area contributed by atoms with E-state index in [4.69, 9.17) is 4.74 Å². The Balaban J connectivity index is 3.00. The Morgan fingerprint density at radius 1 is 1.26 bits per heavy atom. The zero-order chi connectivity index (χ0) is 17.5. The zero-order valence-corrected chi connectivity index (χ0v) is 15.2. The summed E-state index contributed by atoms with van der Waals surface area (Å²) in [6.07, 6.45) is 3.17. The number of carbonyl (C=O) groups is 1. The number of carbonyl (C=O) groups excluding carboxylic acids is 1. The van der Waals surface area contributed by atoms with E-state index < -0.39 is 5.97 Å². The molecule has 0 bridgehead atoms. The first-order valence-electron chi connectivity index (χ1n) is 7.37. The van der Waals surface area contributed by atoms with Crippen LogP contribution in [0.15, 0.2) is 58.2 Å². The van der Waals surface area contributed by atoms with Gasteiger partial charge in [0.05, 0.1) is 6.61 Å².